The Bertz CT molecular complexity index is 1340. The largest absolute Gasteiger partial charge is 0.461 e. The van der Waals surface area contributed by atoms with Crippen LogP contribution in [-0.4, -0.2) is 85.3 Å². The maximum Gasteiger partial charge on any atom is 0.414 e. The Balaban J connectivity index is 2.08. The van der Waals surface area contributed by atoms with Crippen LogP contribution in [0.5, 0.6) is 5.75 Å². The van der Waals surface area contributed by atoms with Gasteiger partial charge in [0, 0.05) is 32.8 Å². The van der Waals surface area contributed by atoms with Crippen LogP contribution in [-0.2, 0) is 35.6 Å². The standard InChI is InChI=1S/C27H33N3O8S2/c1-17(2)37-25(32)22(16-19-8-10-20(11-9-19)38-27(34)29(4)5)30(24(31)23-26(33)39-15-14-28-23)40(35,36)21-12-6-18(3)7-13-21/h6-13,17,22-23,28H,14-16H2,1-5H3/t22-,23?/m0/s1. The van der Waals surface area contributed by atoms with Gasteiger partial charge in [0.2, 0.25) is 5.12 Å². The van der Waals surface area contributed by atoms with E-state index in [0.717, 1.165) is 17.3 Å². The Morgan fingerprint density at radius 2 is 1.68 bits per heavy atom. The number of thioether (sulfide) groups is 1. The number of esters is 1. The first-order valence-electron chi connectivity index (χ1n) is 12.5. The minimum atomic E-state index is -4.62. The molecule has 0 saturated carbocycles. The van der Waals surface area contributed by atoms with E-state index in [4.69, 9.17) is 9.47 Å². The summed E-state index contributed by atoms with van der Waals surface area (Å²) in [6.07, 6.45) is -1.44. The molecule has 1 aliphatic rings. The molecule has 0 spiro atoms. The number of nitrogens with zero attached hydrogens (tertiary/aromatic N) is 2. The molecule has 0 aliphatic carbocycles. The number of hydrogen-bond donors (Lipinski definition) is 1. The SMILES string of the molecule is Cc1ccc(S(=O)(=O)N(C(=O)C2NCCSC2=O)[C@@H](Cc2ccc(OC(=O)N(C)C)cc2)C(=O)OC(C)C)cc1. The van der Waals surface area contributed by atoms with Gasteiger partial charge in [0.1, 0.15) is 11.8 Å². The van der Waals surface area contributed by atoms with E-state index in [1.165, 1.54) is 43.3 Å². The second-order valence-electron chi connectivity index (χ2n) is 9.62. The molecule has 2 atom stereocenters. The molecule has 216 valence electrons. The molecule has 1 N–H and O–H groups in total. The third kappa shape index (κ3) is 7.61. The third-order valence-corrected chi connectivity index (χ3v) is 8.55. The molecule has 0 aromatic heterocycles. The number of carbonyl (C=O) groups is 4. The summed E-state index contributed by atoms with van der Waals surface area (Å²) in [6, 6.07) is 8.83. The van der Waals surface area contributed by atoms with E-state index >= 15 is 0 Å². The maximum absolute atomic E-state index is 14.0. The van der Waals surface area contributed by atoms with Crippen LogP contribution in [0.2, 0.25) is 0 Å². The molecule has 1 heterocycles. The Morgan fingerprint density at radius 1 is 1.05 bits per heavy atom. The number of nitrogens with one attached hydrogen (secondary N) is 1. The highest BCUT2D eigenvalue weighted by Gasteiger charge is 2.45. The predicted octanol–water partition coefficient (Wildman–Crippen LogP) is 2.37. The van der Waals surface area contributed by atoms with Crippen molar-refractivity contribution in [2.45, 2.75) is 50.3 Å². The van der Waals surface area contributed by atoms with Gasteiger partial charge >= 0.3 is 12.1 Å². The molecule has 0 bridgehead atoms. The summed E-state index contributed by atoms with van der Waals surface area (Å²) in [4.78, 5) is 52.8. The summed E-state index contributed by atoms with van der Waals surface area (Å²) >= 11 is 0.919. The molecule has 1 unspecified atom stereocenters. The molecule has 1 saturated heterocycles. The quantitative estimate of drug-likeness (QED) is 0.341. The van der Waals surface area contributed by atoms with Crippen molar-refractivity contribution in [3.05, 3.63) is 59.7 Å². The fourth-order valence-electron chi connectivity index (χ4n) is 3.78. The highest BCUT2D eigenvalue weighted by Crippen LogP contribution is 2.26. The van der Waals surface area contributed by atoms with E-state index < -0.39 is 51.3 Å². The number of amides is 2. The second-order valence-corrected chi connectivity index (χ2v) is 12.5. The van der Waals surface area contributed by atoms with Crippen molar-refractivity contribution in [2.24, 2.45) is 0 Å². The average Bonchev–Trinajstić information content (AvgIpc) is 2.89. The summed E-state index contributed by atoms with van der Waals surface area (Å²) in [5.41, 5.74) is 1.26. The number of ether oxygens (including phenoxy) is 2. The van der Waals surface area contributed by atoms with Crippen molar-refractivity contribution in [3.63, 3.8) is 0 Å². The van der Waals surface area contributed by atoms with Gasteiger partial charge in [0.25, 0.3) is 15.9 Å². The van der Waals surface area contributed by atoms with Crippen molar-refractivity contribution in [3.8, 4) is 5.75 Å². The summed E-state index contributed by atoms with van der Waals surface area (Å²) < 4.78 is 39.1. The van der Waals surface area contributed by atoms with Crippen LogP contribution in [0.25, 0.3) is 0 Å². The molecule has 0 radical (unpaired) electrons. The van der Waals surface area contributed by atoms with Gasteiger partial charge in [-0.1, -0.05) is 41.6 Å². The molecular weight excluding hydrogens is 558 g/mol. The van der Waals surface area contributed by atoms with Crippen molar-refractivity contribution < 1.29 is 37.1 Å². The molecular formula is C27H33N3O8S2. The lowest BCUT2D eigenvalue weighted by Crippen LogP contribution is -2.59. The average molecular weight is 592 g/mol. The second kappa shape index (κ2) is 13.3. The first-order valence-corrected chi connectivity index (χ1v) is 15.0. The Morgan fingerprint density at radius 3 is 2.23 bits per heavy atom. The number of aryl methyl sites for hydroxylation is 1. The van der Waals surface area contributed by atoms with Crippen LogP contribution < -0.4 is 10.1 Å². The summed E-state index contributed by atoms with van der Waals surface area (Å²) in [5.74, 6) is -1.35. The highest BCUT2D eigenvalue weighted by molar-refractivity contribution is 8.13. The van der Waals surface area contributed by atoms with E-state index in [2.05, 4.69) is 5.32 Å². The molecule has 2 aromatic carbocycles. The van der Waals surface area contributed by atoms with Gasteiger partial charge in [-0.25, -0.2) is 22.3 Å². The summed E-state index contributed by atoms with van der Waals surface area (Å²) in [5, 5.41) is 2.25. The zero-order chi connectivity index (χ0) is 29.6. The van der Waals surface area contributed by atoms with E-state index in [9.17, 15) is 27.6 Å². The van der Waals surface area contributed by atoms with Gasteiger partial charge in [-0.15, -0.1) is 0 Å². The Kier molecular flexibility index (Phi) is 10.3. The molecule has 11 nitrogen and oxygen atoms in total. The van der Waals surface area contributed by atoms with E-state index in [0.29, 0.717) is 22.2 Å². The lowest BCUT2D eigenvalue weighted by molar-refractivity contribution is -0.155. The number of rotatable bonds is 9. The van der Waals surface area contributed by atoms with Crippen LogP contribution in [0.3, 0.4) is 0 Å². The van der Waals surface area contributed by atoms with Crippen LogP contribution in [0.1, 0.15) is 25.0 Å². The number of hydrogen-bond acceptors (Lipinski definition) is 10. The Hall–Kier alpha value is -3.42. The lowest BCUT2D eigenvalue weighted by Gasteiger charge is -2.33. The molecule has 40 heavy (non-hydrogen) atoms. The van der Waals surface area contributed by atoms with Gasteiger partial charge in [-0.2, -0.15) is 0 Å². The van der Waals surface area contributed by atoms with Crippen LogP contribution in [0.15, 0.2) is 53.4 Å². The smallest absolute Gasteiger partial charge is 0.414 e. The zero-order valence-electron chi connectivity index (χ0n) is 22.9. The number of sulfonamides is 1. The third-order valence-electron chi connectivity index (χ3n) is 5.80. The highest BCUT2D eigenvalue weighted by atomic mass is 32.2. The summed E-state index contributed by atoms with van der Waals surface area (Å²) in [6.45, 7) is 5.29. The molecule has 1 fully saturated rings. The minimum absolute atomic E-state index is 0.212. The summed E-state index contributed by atoms with van der Waals surface area (Å²) in [7, 11) is -1.55. The van der Waals surface area contributed by atoms with Gasteiger partial charge in [-0.05, 0) is 50.6 Å². The topological polar surface area (TPSA) is 139 Å². The van der Waals surface area contributed by atoms with E-state index in [1.807, 2.05) is 0 Å². The number of carbonyl (C=O) groups excluding carboxylic acids is 4. The van der Waals surface area contributed by atoms with E-state index in [-0.39, 0.29) is 17.1 Å². The normalized spacial score (nSPS) is 16.2. The van der Waals surface area contributed by atoms with E-state index in [1.54, 1.807) is 45.0 Å². The molecule has 2 amide bonds. The molecule has 1 aliphatic heterocycles. The molecule has 13 heteroatoms. The predicted molar refractivity (Wildman–Crippen MR) is 149 cm³/mol. The minimum Gasteiger partial charge on any atom is -0.461 e. The van der Waals surface area contributed by atoms with Crippen LogP contribution in [0.4, 0.5) is 4.79 Å². The monoisotopic (exact) mass is 591 g/mol. The van der Waals surface area contributed by atoms with Crippen molar-refractivity contribution in [2.75, 3.05) is 26.4 Å². The molecule has 3 rings (SSSR count). The van der Waals surface area contributed by atoms with Gasteiger partial charge in [0.15, 0.2) is 6.04 Å². The van der Waals surface area contributed by atoms with Gasteiger partial charge < -0.3 is 14.4 Å². The number of benzene rings is 2. The lowest BCUT2D eigenvalue weighted by atomic mass is 10.0. The first kappa shape index (κ1) is 31.1. The maximum atomic E-state index is 14.0. The van der Waals surface area contributed by atoms with Crippen molar-refractivity contribution in [1.29, 1.82) is 0 Å². The zero-order valence-corrected chi connectivity index (χ0v) is 24.6. The fourth-order valence-corrected chi connectivity index (χ4v) is 6.10. The first-order chi connectivity index (χ1) is 18.8. The fraction of sp³-hybridized carbons (Fsp3) is 0.407. The van der Waals surface area contributed by atoms with Gasteiger partial charge in [-0.3, -0.25) is 14.9 Å². The van der Waals surface area contributed by atoms with Gasteiger partial charge in [0.05, 0.1) is 11.0 Å². The molecule has 2 aromatic rings. The van der Waals surface area contributed by atoms with Crippen LogP contribution in [0, 0.1) is 6.92 Å². The Labute approximate surface area is 238 Å². The van der Waals surface area contributed by atoms with Crippen LogP contribution >= 0.6 is 11.8 Å². The van der Waals surface area contributed by atoms with Crippen molar-refractivity contribution >= 4 is 44.9 Å². The van der Waals surface area contributed by atoms with Crippen molar-refractivity contribution in [1.82, 2.24) is 14.5 Å².